The van der Waals surface area contributed by atoms with Crippen LogP contribution in [0.1, 0.15) is 34.7 Å². The fourth-order valence-electron chi connectivity index (χ4n) is 4.94. The minimum atomic E-state index is -0.188. The van der Waals surface area contributed by atoms with Gasteiger partial charge >= 0.3 is 0 Å². The number of halogens is 1. The molecule has 1 N–H and O–H groups in total. The maximum Gasteiger partial charge on any atom is 0.271 e. The first-order valence-corrected chi connectivity index (χ1v) is 13.2. The third-order valence-electron chi connectivity index (χ3n) is 6.56. The van der Waals surface area contributed by atoms with Gasteiger partial charge in [0.2, 0.25) is 0 Å². The quantitative estimate of drug-likeness (QED) is 0.353. The van der Waals surface area contributed by atoms with Crippen LogP contribution in [0, 0.1) is 3.57 Å². The fraction of sp³-hybridized carbons (Fsp3) is 0.143. The van der Waals surface area contributed by atoms with Crippen molar-refractivity contribution in [2.45, 2.75) is 18.9 Å². The average molecular weight is 592 g/mol. The van der Waals surface area contributed by atoms with Crippen molar-refractivity contribution < 1.29 is 9.84 Å². The van der Waals surface area contributed by atoms with Gasteiger partial charge in [-0.25, -0.2) is 4.99 Å². The molecule has 0 spiro atoms. The summed E-state index contributed by atoms with van der Waals surface area (Å²) < 4.78 is 8.42. The number of hydrogen-bond donors (Lipinski definition) is 1. The second-order valence-electron chi connectivity index (χ2n) is 8.58. The lowest BCUT2D eigenvalue weighted by molar-refractivity contribution is 0.371. The van der Waals surface area contributed by atoms with Crippen LogP contribution < -0.4 is 19.6 Å². The number of phenolic OH excluding ortho intramolecular Hbond substituents is 1. The maximum atomic E-state index is 13.8. The van der Waals surface area contributed by atoms with E-state index in [1.54, 1.807) is 6.07 Å². The molecule has 2 aliphatic rings. The zero-order valence-electron chi connectivity index (χ0n) is 18.9. The zero-order valence-corrected chi connectivity index (χ0v) is 21.8. The van der Waals surface area contributed by atoms with Gasteiger partial charge in [-0.1, -0.05) is 65.9 Å². The lowest BCUT2D eigenvalue weighted by Crippen LogP contribution is -2.38. The molecule has 1 aromatic heterocycles. The van der Waals surface area contributed by atoms with Gasteiger partial charge in [0.15, 0.2) is 16.3 Å². The van der Waals surface area contributed by atoms with Crippen LogP contribution in [0.2, 0.25) is 0 Å². The van der Waals surface area contributed by atoms with Crippen LogP contribution >= 0.6 is 33.9 Å². The predicted octanol–water partition coefficient (Wildman–Crippen LogP) is 4.64. The van der Waals surface area contributed by atoms with E-state index in [1.165, 1.54) is 29.6 Å². The van der Waals surface area contributed by atoms with Gasteiger partial charge < -0.3 is 9.84 Å². The van der Waals surface area contributed by atoms with E-state index in [4.69, 9.17) is 9.73 Å². The number of hydrogen-bond acceptors (Lipinski definition) is 5. The van der Waals surface area contributed by atoms with Crippen molar-refractivity contribution in [2.24, 2.45) is 4.99 Å². The zero-order chi connectivity index (χ0) is 24.1. The average Bonchev–Trinajstić information content (AvgIpc) is 3.19. The molecule has 0 unspecified atom stereocenters. The van der Waals surface area contributed by atoms with Crippen LogP contribution in [-0.2, 0) is 6.42 Å². The number of aromatic hydroxyl groups is 1. The molecular weight excluding hydrogens is 571 g/mol. The Balaban J connectivity index is 1.61. The van der Waals surface area contributed by atoms with Gasteiger partial charge in [0, 0.05) is 5.56 Å². The number of ether oxygens (including phenoxy) is 1. The van der Waals surface area contributed by atoms with E-state index in [-0.39, 0.29) is 17.4 Å². The molecule has 6 rings (SSSR count). The maximum absolute atomic E-state index is 13.8. The Morgan fingerprint density at radius 1 is 1.11 bits per heavy atom. The van der Waals surface area contributed by atoms with Crippen LogP contribution in [0.3, 0.4) is 0 Å². The number of methoxy groups -OCH3 is 1. The van der Waals surface area contributed by atoms with Crippen molar-refractivity contribution in [3.63, 3.8) is 0 Å². The summed E-state index contributed by atoms with van der Waals surface area (Å²) in [6.07, 6.45) is 3.66. The van der Waals surface area contributed by atoms with E-state index in [1.807, 2.05) is 34.9 Å². The van der Waals surface area contributed by atoms with Gasteiger partial charge in [0.05, 0.1) is 27.0 Å². The molecule has 1 aliphatic heterocycles. The van der Waals surface area contributed by atoms with E-state index >= 15 is 0 Å². The van der Waals surface area contributed by atoms with Crippen molar-refractivity contribution in [2.75, 3.05) is 7.11 Å². The van der Waals surface area contributed by atoms with E-state index in [9.17, 15) is 9.90 Å². The highest BCUT2D eigenvalue weighted by Gasteiger charge is 2.32. The van der Waals surface area contributed by atoms with Gasteiger partial charge in [-0.05, 0) is 75.9 Å². The Morgan fingerprint density at radius 2 is 1.89 bits per heavy atom. The van der Waals surface area contributed by atoms with E-state index in [0.29, 0.717) is 18.7 Å². The van der Waals surface area contributed by atoms with Crippen molar-refractivity contribution in [3.05, 3.63) is 118 Å². The predicted molar refractivity (Wildman–Crippen MR) is 147 cm³/mol. The summed E-state index contributed by atoms with van der Waals surface area (Å²) >= 11 is 3.46. The smallest absolute Gasteiger partial charge is 0.271 e. The summed E-state index contributed by atoms with van der Waals surface area (Å²) in [5.74, 6) is 0.479. The molecule has 0 bridgehead atoms. The van der Waals surface area contributed by atoms with E-state index < -0.39 is 0 Å². The highest BCUT2D eigenvalue weighted by atomic mass is 127. The van der Waals surface area contributed by atoms with Gasteiger partial charge in [-0.15, -0.1) is 0 Å². The summed E-state index contributed by atoms with van der Waals surface area (Å²) in [5, 5.41) is 10.2. The monoisotopic (exact) mass is 592 g/mol. The SMILES string of the molecule is COc1cc(/C=c2\sc3n(c2=O)[C@H](c2ccccc2)C2=C(N=3)c3ccccc3CC2)cc(I)c1O. The Kier molecular flexibility index (Phi) is 5.61. The first-order chi connectivity index (χ1) is 17.0. The molecule has 7 heteroatoms. The summed E-state index contributed by atoms with van der Waals surface area (Å²) in [5.41, 5.74) is 6.46. The molecule has 5 nitrogen and oxygen atoms in total. The molecule has 0 saturated heterocycles. The highest BCUT2D eigenvalue weighted by Crippen LogP contribution is 2.41. The summed E-state index contributed by atoms with van der Waals surface area (Å²) in [6, 6.07) is 22.0. The normalized spacial score (nSPS) is 16.9. The molecule has 0 fully saturated rings. The van der Waals surface area contributed by atoms with Crippen LogP contribution in [0.25, 0.3) is 11.8 Å². The molecule has 1 aliphatic carbocycles. The third kappa shape index (κ3) is 3.73. The Morgan fingerprint density at radius 3 is 2.69 bits per heavy atom. The number of nitrogens with zero attached hydrogens (tertiary/aromatic N) is 2. The molecule has 35 heavy (non-hydrogen) atoms. The van der Waals surface area contributed by atoms with Gasteiger partial charge in [0.1, 0.15) is 0 Å². The number of aromatic nitrogens is 1. The first kappa shape index (κ1) is 22.3. The van der Waals surface area contributed by atoms with Crippen LogP contribution in [-0.4, -0.2) is 16.8 Å². The summed E-state index contributed by atoms with van der Waals surface area (Å²) in [6.45, 7) is 0. The van der Waals surface area contributed by atoms with Gasteiger partial charge in [-0.2, -0.15) is 0 Å². The largest absolute Gasteiger partial charge is 0.504 e. The lowest BCUT2D eigenvalue weighted by atomic mass is 9.83. The van der Waals surface area contributed by atoms with Crippen LogP contribution in [0.4, 0.5) is 0 Å². The molecule has 2 heterocycles. The fourth-order valence-corrected chi connectivity index (χ4v) is 6.57. The molecule has 1 atom stereocenters. The van der Waals surface area contributed by atoms with Crippen LogP contribution in [0.5, 0.6) is 11.5 Å². The third-order valence-corrected chi connectivity index (χ3v) is 8.36. The topological polar surface area (TPSA) is 63.8 Å². The molecule has 174 valence electrons. The molecule has 0 saturated carbocycles. The van der Waals surface area contributed by atoms with Crippen molar-refractivity contribution in [1.82, 2.24) is 4.57 Å². The summed E-state index contributed by atoms with van der Waals surface area (Å²) in [7, 11) is 1.52. The second kappa shape index (κ2) is 8.80. The molecule has 0 radical (unpaired) electrons. The standard InChI is InChI=1S/C28H21IN2O3S/c1-34-22-14-16(13-21(29)26(22)32)15-23-27(33)31-25(18-8-3-2-4-9-18)20-12-11-17-7-5-6-10-19(17)24(20)30-28(31)35-23/h2-10,13-15,25,32H,11-12H2,1H3/b23-15-/t25-/m1/s1. The second-order valence-corrected chi connectivity index (χ2v) is 10.7. The number of thiazole rings is 1. The lowest BCUT2D eigenvalue weighted by Gasteiger charge is -2.30. The Labute approximate surface area is 219 Å². The highest BCUT2D eigenvalue weighted by molar-refractivity contribution is 14.1. The van der Waals surface area contributed by atoms with Crippen molar-refractivity contribution >= 4 is 45.7 Å². The molecule has 0 amide bonds. The number of fused-ring (bicyclic) bond motifs is 3. The minimum Gasteiger partial charge on any atom is -0.504 e. The molecular formula is C28H21IN2O3S. The molecule has 4 aromatic rings. The Bertz CT molecular complexity index is 1690. The number of allylic oxidation sites excluding steroid dienone is 1. The van der Waals surface area contributed by atoms with Gasteiger partial charge in [0.25, 0.3) is 5.56 Å². The minimum absolute atomic E-state index is 0.0601. The van der Waals surface area contributed by atoms with Crippen molar-refractivity contribution in [1.29, 1.82) is 0 Å². The Hall–Kier alpha value is -3.17. The number of benzene rings is 3. The number of aryl methyl sites for hydroxylation is 1. The summed E-state index contributed by atoms with van der Waals surface area (Å²) in [4.78, 5) is 19.6. The van der Waals surface area contributed by atoms with Crippen LogP contribution in [0.15, 0.2) is 82.1 Å². The van der Waals surface area contributed by atoms with Crippen molar-refractivity contribution in [3.8, 4) is 11.5 Å². The number of phenols is 1. The number of rotatable bonds is 3. The van der Waals surface area contributed by atoms with E-state index in [2.05, 4.69) is 59.0 Å². The van der Waals surface area contributed by atoms with E-state index in [0.717, 1.165) is 35.2 Å². The first-order valence-electron chi connectivity index (χ1n) is 11.3. The molecule has 3 aromatic carbocycles. The van der Waals surface area contributed by atoms with Gasteiger partial charge in [-0.3, -0.25) is 9.36 Å².